The van der Waals surface area contributed by atoms with Crippen molar-refractivity contribution in [2.45, 2.75) is 45.6 Å². The normalized spacial score (nSPS) is 24.2. The van der Waals surface area contributed by atoms with Crippen LogP contribution in [0, 0.1) is 11.3 Å². The highest BCUT2D eigenvalue weighted by Gasteiger charge is 2.52. The SMILES string of the molecule is CCCN1CC2CN(C(=O)CCCn3cncn3)CC2(CCc2ccccc2)C1. The molecule has 0 bridgehead atoms. The summed E-state index contributed by atoms with van der Waals surface area (Å²) in [5, 5.41) is 4.12. The lowest BCUT2D eigenvalue weighted by Gasteiger charge is -2.30. The van der Waals surface area contributed by atoms with E-state index in [1.807, 2.05) is 0 Å². The van der Waals surface area contributed by atoms with Gasteiger partial charge >= 0.3 is 0 Å². The molecular formula is C23H33N5O. The predicted molar refractivity (Wildman–Crippen MR) is 113 cm³/mol. The average molecular weight is 396 g/mol. The number of hydrogen-bond donors (Lipinski definition) is 0. The summed E-state index contributed by atoms with van der Waals surface area (Å²) < 4.78 is 1.80. The number of fused-ring (bicyclic) bond motifs is 1. The Morgan fingerprint density at radius 1 is 1.17 bits per heavy atom. The molecule has 1 aromatic heterocycles. The molecule has 1 aromatic carbocycles. The number of aryl methyl sites for hydroxylation is 2. The minimum atomic E-state index is 0.257. The molecule has 0 aliphatic carbocycles. The summed E-state index contributed by atoms with van der Waals surface area (Å²) in [6.45, 7) is 8.33. The van der Waals surface area contributed by atoms with Gasteiger partial charge in [-0.3, -0.25) is 9.48 Å². The van der Waals surface area contributed by atoms with Gasteiger partial charge in [0.15, 0.2) is 0 Å². The first-order valence-corrected chi connectivity index (χ1v) is 11.0. The van der Waals surface area contributed by atoms with Crippen LogP contribution in [0.4, 0.5) is 0 Å². The van der Waals surface area contributed by atoms with Gasteiger partial charge in [0.2, 0.25) is 5.91 Å². The lowest BCUT2D eigenvalue weighted by molar-refractivity contribution is -0.131. The molecule has 2 aromatic rings. The van der Waals surface area contributed by atoms with Gasteiger partial charge in [0.05, 0.1) is 0 Å². The number of rotatable bonds is 9. The van der Waals surface area contributed by atoms with Crippen LogP contribution in [0.5, 0.6) is 0 Å². The number of benzene rings is 1. The van der Waals surface area contributed by atoms with Crippen molar-refractivity contribution in [3.05, 3.63) is 48.5 Å². The molecule has 1 amide bonds. The first-order valence-electron chi connectivity index (χ1n) is 11.0. The van der Waals surface area contributed by atoms with Gasteiger partial charge < -0.3 is 9.80 Å². The predicted octanol–water partition coefficient (Wildman–Crippen LogP) is 2.86. The fraction of sp³-hybridized carbons (Fsp3) is 0.609. The molecule has 6 nitrogen and oxygen atoms in total. The third kappa shape index (κ3) is 4.69. The van der Waals surface area contributed by atoms with Crippen LogP contribution in [0.1, 0.15) is 38.2 Å². The maximum Gasteiger partial charge on any atom is 0.222 e. The van der Waals surface area contributed by atoms with Gasteiger partial charge in [-0.25, -0.2) is 4.98 Å². The minimum Gasteiger partial charge on any atom is -0.342 e. The molecule has 0 radical (unpaired) electrons. The van der Waals surface area contributed by atoms with Crippen molar-refractivity contribution >= 4 is 5.91 Å². The summed E-state index contributed by atoms with van der Waals surface area (Å²) in [5.74, 6) is 0.915. The standard InChI is InChI=1S/C23H33N5O/c1-2-12-26-14-21-15-27(22(29)9-6-13-28-19-24-18-25-28)17-23(21,16-26)11-10-20-7-4-3-5-8-20/h3-5,7-8,18-19,21H,2,6,9-17H2,1H3. The van der Waals surface area contributed by atoms with Crippen molar-refractivity contribution in [3.63, 3.8) is 0 Å². The van der Waals surface area contributed by atoms with Crippen LogP contribution in [-0.4, -0.2) is 63.2 Å². The van der Waals surface area contributed by atoms with E-state index >= 15 is 0 Å². The highest BCUT2D eigenvalue weighted by atomic mass is 16.2. The Morgan fingerprint density at radius 2 is 2.03 bits per heavy atom. The van der Waals surface area contributed by atoms with Crippen molar-refractivity contribution < 1.29 is 4.79 Å². The van der Waals surface area contributed by atoms with Gasteiger partial charge in [0.1, 0.15) is 12.7 Å². The van der Waals surface area contributed by atoms with Crippen LogP contribution in [0.3, 0.4) is 0 Å². The number of carbonyl (C=O) groups excluding carboxylic acids is 1. The molecule has 0 saturated carbocycles. The Labute approximate surface area is 173 Å². The molecule has 156 valence electrons. The van der Waals surface area contributed by atoms with Crippen LogP contribution >= 0.6 is 0 Å². The maximum atomic E-state index is 12.9. The van der Waals surface area contributed by atoms with Crippen LogP contribution in [0.15, 0.2) is 43.0 Å². The number of aromatic nitrogens is 3. The van der Waals surface area contributed by atoms with Gasteiger partial charge in [0.25, 0.3) is 0 Å². The zero-order valence-electron chi connectivity index (χ0n) is 17.5. The molecule has 6 heteroatoms. The molecule has 2 atom stereocenters. The third-order valence-corrected chi connectivity index (χ3v) is 6.72. The summed E-state index contributed by atoms with van der Waals surface area (Å²) in [6, 6.07) is 10.8. The zero-order chi connectivity index (χ0) is 20.1. The van der Waals surface area contributed by atoms with E-state index in [2.05, 4.69) is 57.1 Å². The summed E-state index contributed by atoms with van der Waals surface area (Å²) in [4.78, 5) is 21.6. The molecule has 2 fully saturated rings. The number of likely N-dealkylation sites (tertiary alicyclic amines) is 2. The van der Waals surface area contributed by atoms with E-state index in [1.165, 1.54) is 24.9 Å². The largest absolute Gasteiger partial charge is 0.342 e. The maximum absolute atomic E-state index is 12.9. The van der Waals surface area contributed by atoms with Crippen LogP contribution in [0.2, 0.25) is 0 Å². The first-order chi connectivity index (χ1) is 14.2. The molecule has 0 N–H and O–H groups in total. The van der Waals surface area contributed by atoms with Crippen LogP contribution < -0.4 is 0 Å². The molecule has 2 aliphatic rings. The highest BCUT2D eigenvalue weighted by Crippen LogP contribution is 2.46. The number of hydrogen-bond acceptors (Lipinski definition) is 4. The van der Waals surface area contributed by atoms with Gasteiger partial charge in [-0.05, 0) is 43.7 Å². The summed E-state index contributed by atoms with van der Waals surface area (Å²) in [6.07, 6.45) is 8.15. The number of nitrogens with zero attached hydrogens (tertiary/aromatic N) is 5. The summed E-state index contributed by atoms with van der Waals surface area (Å²) in [7, 11) is 0. The third-order valence-electron chi connectivity index (χ3n) is 6.72. The zero-order valence-corrected chi connectivity index (χ0v) is 17.5. The Bertz CT molecular complexity index is 778. The molecule has 2 saturated heterocycles. The number of carbonyl (C=O) groups is 1. The van der Waals surface area contributed by atoms with E-state index in [4.69, 9.17) is 0 Å². The Kier molecular flexibility index (Phi) is 6.28. The molecule has 0 spiro atoms. The smallest absolute Gasteiger partial charge is 0.222 e. The second-order valence-electron chi connectivity index (χ2n) is 8.82. The molecule has 2 aliphatic heterocycles. The topological polar surface area (TPSA) is 54.3 Å². The lowest BCUT2D eigenvalue weighted by atomic mass is 9.76. The van der Waals surface area contributed by atoms with Crippen molar-refractivity contribution in [2.24, 2.45) is 11.3 Å². The van der Waals surface area contributed by atoms with Crippen LogP contribution in [0.25, 0.3) is 0 Å². The van der Waals surface area contributed by atoms with E-state index in [9.17, 15) is 4.79 Å². The van der Waals surface area contributed by atoms with E-state index in [1.54, 1.807) is 17.3 Å². The van der Waals surface area contributed by atoms with Crippen molar-refractivity contribution in [3.8, 4) is 0 Å². The second-order valence-corrected chi connectivity index (χ2v) is 8.82. The molecule has 3 heterocycles. The Morgan fingerprint density at radius 3 is 2.79 bits per heavy atom. The fourth-order valence-electron chi connectivity index (χ4n) is 5.26. The lowest BCUT2D eigenvalue weighted by Crippen LogP contribution is -2.37. The minimum absolute atomic E-state index is 0.257. The van der Waals surface area contributed by atoms with E-state index < -0.39 is 0 Å². The molecule has 4 rings (SSSR count). The van der Waals surface area contributed by atoms with Gasteiger partial charge in [-0.15, -0.1) is 0 Å². The van der Waals surface area contributed by atoms with E-state index in [-0.39, 0.29) is 5.41 Å². The van der Waals surface area contributed by atoms with Gasteiger partial charge in [0, 0.05) is 44.6 Å². The first kappa shape index (κ1) is 20.1. The Balaban J connectivity index is 1.36. The summed E-state index contributed by atoms with van der Waals surface area (Å²) in [5.41, 5.74) is 1.67. The monoisotopic (exact) mass is 395 g/mol. The quantitative estimate of drug-likeness (QED) is 0.655. The second kappa shape index (κ2) is 9.08. The molecular weight excluding hydrogens is 362 g/mol. The highest BCUT2D eigenvalue weighted by molar-refractivity contribution is 5.76. The van der Waals surface area contributed by atoms with Gasteiger partial charge in [-0.2, -0.15) is 5.10 Å². The average Bonchev–Trinajstić information content (AvgIpc) is 3.42. The molecule has 2 unspecified atom stereocenters. The van der Waals surface area contributed by atoms with Crippen molar-refractivity contribution in [1.82, 2.24) is 24.6 Å². The van der Waals surface area contributed by atoms with Crippen molar-refractivity contribution in [2.75, 3.05) is 32.7 Å². The van der Waals surface area contributed by atoms with Crippen molar-refractivity contribution in [1.29, 1.82) is 0 Å². The van der Waals surface area contributed by atoms with Crippen LogP contribution in [-0.2, 0) is 17.8 Å². The summed E-state index contributed by atoms with van der Waals surface area (Å²) >= 11 is 0. The van der Waals surface area contributed by atoms with E-state index in [0.717, 1.165) is 45.6 Å². The molecule has 29 heavy (non-hydrogen) atoms. The van der Waals surface area contributed by atoms with Gasteiger partial charge in [-0.1, -0.05) is 37.3 Å². The fourth-order valence-corrected chi connectivity index (χ4v) is 5.26. The number of amides is 1. The van der Waals surface area contributed by atoms with E-state index in [0.29, 0.717) is 18.2 Å². The Hall–Kier alpha value is -2.21.